The third kappa shape index (κ3) is 3.14. The molecule has 1 unspecified atom stereocenters. The van der Waals surface area contributed by atoms with Crippen molar-refractivity contribution in [3.8, 4) is 17.6 Å². The summed E-state index contributed by atoms with van der Waals surface area (Å²) in [6, 6.07) is 13.6. The van der Waals surface area contributed by atoms with Gasteiger partial charge in [-0.05, 0) is 49.9 Å². The van der Waals surface area contributed by atoms with E-state index in [1.807, 2.05) is 26.1 Å². The minimum atomic E-state index is -0.424. The van der Waals surface area contributed by atoms with E-state index in [9.17, 15) is 4.39 Å². The zero-order chi connectivity index (χ0) is 14.5. The molecule has 0 aliphatic carbocycles. The molecule has 0 aliphatic rings. The minimum Gasteiger partial charge on any atom is -0.454 e. The third-order valence-electron chi connectivity index (χ3n) is 3.08. The molecule has 1 N–H and O–H groups in total. The van der Waals surface area contributed by atoms with Crippen molar-refractivity contribution < 1.29 is 9.13 Å². The molecule has 20 heavy (non-hydrogen) atoms. The zero-order valence-corrected chi connectivity index (χ0v) is 11.4. The van der Waals surface area contributed by atoms with Gasteiger partial charge < -0.3 is 10.1 Å². The molecule has 4 heteroatoms. The second kappa shape index (κ2) is 6.18. The van der Waals surface area contributed by atoms with E-state index in [0.717, 1.165) is 5.56 Å². The maximum absolute atomic E-state index is 14.0. The number of nitriles is 1. The topological polar surface area (TPSA) is 45.0 Å². The number of halogens is 1. The summed E-state index contributed by atoms with van der Waals surface area (Å²) in [4.78, 5) is 0. The fourth-order valence-electron chi connectivity index (χ4n) is 1.79. The molecule has 1 atom stereocenters. The van der Waals surface area contributed by atoms with E-state index >= 15 is 0 Å². The van der Waals surface area contributed by atoms with Crippen molar-refractivity contribution >= 4 is 0 Å². The summed E-state index contributed by atoms with van der Waals surface area (Å²) in [6.07, 6.45) is 0. The predicted molar refractivity (Wildman–Crippen MR) is 75.1 cm³/mol. The van der Waals surface area contributed by atoms with Crippen molar-refractivity contribution in [2.75, 3.05) is 7.05 Å². The van der Waals surface area contributed by atoms with Gasteiger partial charge in [-0.25, -0.2) is 4.39 Å². The summed E-state index contributed by atoms with van der Waals surface area (Å²) < 4.78 is 19.5. The normalized spacial score (nSPS) is 11.7. The first-order chi connectivity index (χ1) is 9.63. The Balaban J connectivity index is 2.23. The van der Waals surface area contributed by atoms with Gasteiger partial charge >= 0.3 is 0 Å². The van der Waals surface area contributed by atoms with Gasteiger partial charge in [0.15, 0.2) is 11.6 Å². The molecule has 0 bridgehead atoms. The molecular formula is C16H15FN2O. The fourth-order valence-corrected chi connectivity index (χ4v) is 1.79. The van der Waals surface area contributed by atoms with Gasteiger partial charge in [0.05, 0.1) is 11.6 Å². The summed E-state index contributed by atoms with van der Waals surface area (Å²) in [5, 5.41) is 11.9. The summed E-state index contributed by atoms with van der Waals surface area (Å²) in [5.41, 5.74) is 1.33. The molecule has 2 aromatic carbocycles. The summed E-state index contributed by atoms with van der Waals surface area (Å²) in [5.74, 6) is 0.163. The highest BCUT2D eigenvalue weighted by atomic mass is 19.1. The first kappa shape index (κ1) is 14.0. The lowest BCUT2D eigenvalue weighted by atomic mass is 10.1. The molecule has 0 fully saturated rings. The van der Waals surface area contributed by atoms with Gasteiger partial charge in [0, 0.05) is 6.04 Å². The van der Waals surface area contributed by atoms with Crippen molar-refractivity contribution in [3.63, 3.8) is 0 Å². The molecule has 0 saturated carbocycles. The van der Waals surface area contributed by atoms with E-state index in [2.05, 4.69) is 5.32 Å². The maximum Gasteiger partial charge on any atom is 0.166 e. The Kier molecular flexibility index (Phi) is 4.34. The highest BCUT2D eigenvalue weighted by molar-refractivity contribution is 5.40. The van der Waals surface area contributed by atoms with Crippen LogP contribution in [0.5, 0.6) is 11.5 Å². The van der Waals surface area contributed by atoms with E-state index in [1.165, 1.54) is 6.07 Å². The third-order valence-corrected chi connectivity index (χ3v) is 3.08. The van der Waals surface area contributed by atoms with Crippen LogP contribution >= 0.6 is 0 Å². The molecule has 0 aliphatic heterocycles. The predicted octanol–water partition coefficient (Wildman–Crippen LogP) is 3.77. The van der Waals surface area contributed by atoms with Crippen LogP contribution in [0, 0.1) is 17.1 Å². The first-order valence-corrected chi connectivity index (χ1v) is 6.28. The number of benzene rings is 2. The quantitative estimate of drug-likeness (QED) is 0.919. The molecule has 3 nitrogen and oxygen atoms in total. The molecule has 0 aromatic heterocycles. The van der Waals surface area contributed by atoms with Gasteiger partial charge in [0.1, 0.15) is 5.75 Å². The highest BCUT2D eigenvalue weighted by Crippen LogP contribution is 2.27. The van der Waals surface area contributed by atoms with Crippen molar-refractivity contribution in [2.24, 2.45) is 0 Å². The van der Waals surface area contributed by atoms with Gasteiger partial charge in [-0.3, -0.25) is 0 Å². The van der Waals surface area contributed by atoms with Crippen LogP contribution < -0.4 is 10.1 Å². The SMILES string of the molecule is CNC(C)c1ccc(Oc2cccc(C#N)c2)c(F)c1. The summed E-state index contributed by atoms with van der Waals surface area (Å²) in [7, 11) is 1.82. The molecule has 0 spiro atoms. The highest BCUT2D eigenvalue weighted by Gasteiger charge is 2.09. The van der Waals surface area contributed by atoms with E-state index in [0.29, 0.717) is 11.3 Å². The Hall–Kier alpha value is -2.38. The average Bonchev–Trinajstić information content (AvgIpc) is 2.48. The van der Waals surface area contributed by atoms with Crippen LogP contribution in [-0.2, 0) is 0 Å². The second-order valence-corrected chi connectivity index (χ2v) is 4.44. The van der Waals surface area contributed by atoms with Crippen molar-refractivity contribution in [2.45, 2.75) is 13.0 Å². The van der Waals surface area contributed by atoms with E-state index < -0.39 is 5.82 Å². The standard InChI is InChI=1S/C16H15FN2O/c1-11(19-2)13-6-7-16(15(17)9-13)20-14-5-3-4-12(8-14)10-18/h3-9,11,19H,1-2H3. The largest absolute Gasteiger partial charge is 0.454 e. The average molecular weight is 270 g/mol. The van der Waals surface area contributed by atoms with Crippen LogP contribution in [0.3, 0.4) is 0 Å². The number of hydrogen-bond donors (Lipinski definition) is 1. The van der Waals surface area contributed by atoms with Crippen LogP contribution in [0.15, 0.2) is 42.5 Å². The van der Waals surface area contributed by atoms with Gasteiger partial charge in [-0.1, -0.05) is 12.1 Å². The van der Waals surface area contributed by atoms with Crippen molar-refractivity contribution in [1.82, 2.24) is 5.32 Å². The Labute approximate surface area is 117 Å². The number of hydrogen-bond acceptors (Lipinski definition) is 3. The molecule has 0 heterocycles. The van der Waals surface area contributed by atoms with Crippen molar-refractivity contribution in [1.29, 1.82) is 5.26 Å². The van der Waals surface area contributed by atoms with Crippen molar-refractivity contribution in [3.05, 3.63) is 59.4 Å². The maximum atomic E-state index is 14.0. The van der Waals surface area contributed by atoms with Crippen LogP contribution in [0.4, 0.5) is 4.39 Å². The Bertz CT molecular complexity index is 649. The van der Waals surface area contributed by atoms with Gasteiger partial charge in [-0.15, -0.1) is 0 Å². The van der Waals surface area contributed by atoms with Crippen LogP contribution in [0.1, 0.15) is 24.1 Å². The molecule has 2 rings (SSSR count). The second-order valence-electron chi connectivity index (χ2n) is 4.44. The van der Waals surface area contributed by atoms with Gasteiger partial charge in [0.25, 0.3) is 0 Å². The smallest absolute Gasteiger partial charge is 0.166 e. The van der Waals surface area contributed by atoms with E-state index in [-0.39, 0.29) is 11.8 Å². The number of nitrogens with one attached hydrogen (secondary N) is 1. The summed E-state index contributed by atoms with van der Waals surface area (Å²) >= 11 is 0. The zero-order valence-electron chi connectivity index (χ0n) is 11.4. The fraction of sp³-hybridized carbons (Fsp3) is 0.188. The molecule has 0 saturated heterocycles. The molecule has 102 valence electrons. The lowest BCUT2D eigenvalue weighted by Crippen LogP contribution is -2.12. The lowest BCUT2D eigenvalue weighted by molar-refractivity contribution is 0.440. The molecule has 2 aromatic rings. The molecular weight excluding hydrogens is 255 g/mol. The summed E-state index contributed by atoms with van der Waals surface area (Å²) in [6.45, 7) is 1.95. The van der Waals surface area contributed by atoms with Crippen LogP contribution in [0.2, 0.25) is 0 Å². The Morgan fingerprint density at radius 3 is 2.70 bits per heavy atom. The van der Waals surface area contributed by atoms with E-state index in [1.54, 1.807) is 30.3 Å². The van der Waals surface area contributed by atoms with Crippen LogP contribution in [-0.4, -0.2) is 7.05 Å². The van der Waals surface area contributed by atoms with Gasteiger partial charge in [0.2, 0.25) is 0 Å². The lowest BCUT2D eigenvalue weighted by Gasteiger charge is -2.12. The Morgan fingerprint density at radius 2 is 2.05 bits per heavy atom. The minimum absolute atomic E-state index is 0.0699. The number of nitrogens with zero attached hydrogens (tertiary/aromatic N) is 1. The van der Waals surface area contributed by atoms with Crippen LogP contribution in [0.25, 0.3) is 0 Å². The Morgan fingerprint density at radius 1 is 1.25 bits per heavy atom. The number of rotatable bonds is 4. The molecule has 0 amide bonds. The number of ether oxygens (including phenoxy) is 1. The monoisotopic (exact) mass is 270 g/mol. The van der Waals surface area contributed by atoms with E-state index in [4.69, 9.17) is 10.00 Å². The first-order valence-electron chi connectivity index (χ1n) is 6.28. The van der Waals surface area contributed by atoms with Gasteiger partial charge in [-0.2, -0.15) is 5.26 Å². The molecule has 0 radical (unpaired) electrons.